The van der Waals surface area contributed by atoms with Gasteiger partial charge < -0.3 is 16.0 Å². The summed E-state index contributed by atoms with van der Waals surface area (Å²) in [7, 11) is 0. The molecule has 0 bridgehead atoms. The highest BCUT2D eigenvalue weighted by atomic mass is 16.1. The number of rotatable bonds is 3. The number of carbonyl (C=O) groups is 1. The molecule has 2 fully saturated rings. The van der Waals surface area contributed by atoms with Gasteiger partial charge in [-0.15, -0.1) is 0 Å². The number of fused-ring (bicyclic) bond motifs is 1. The van der Waals surface area contributed by atoms with E-state index in [-0.39, 0.29) is 5.91 Å². The van der Waals surface area contributed by atoms with E-state index in [9.17, 15) is 4.79 Å². The number of nitrogen functional groups attached to an aromatic ring is 1. The summed E-state index contributed by atoms with van der Waals surface area (Å²) in [5.74, 6) is 0.867. The predicted octanol–water partition coefficient (Wildman–Crippen LogP) is 1.41. The number of nitrogens with zero attached hydrogens (tertiary/aromatic N) is 1. The number of anilines is 1. The molecule has 2 saturated heterocycles. The Balaban J connectivity index is 1.53. The molecule has 0 saturated carbocycles. The van der Waals surface area contributed by atoms with Crippen molar-refractivity contribution in [1.29, 1.82) is 0 Å². The van der Waals surface area contributed by atoms with Crippen LogP contribution in [0, 0.1) is 5.92 Å². The number of para-hydroxylation sites is 1. The number of nitrogens with one attached hydrogen (secondary N) is 1. The van der Waals surface area contributed by atoms with Gasteiger partial charge in [0.25, 0.3) is 0 Å². The van der Waals surface area contributed by atoms with Crippen molar-refractivity contribution in [3.8, 4) is 0 Å². The number of benzene rings is 1. The number of likely N-dealkylation sites (tertiary alicyclic amines) is 1. The van der Waals surface area contributed by atoms with Gasteiger partial charge in [0.05, 0.1) is 0 Å². The Bertz CT molecular complexity index is 488. The summed E-state index contributed by atoms with van der Waals surface area (Å²) in [6.45, 7) is 3.25. The number of hydrogen-bond acceptors (Lipinski definition) is 3. The molecular weight excluding hydrogens is 250 g/mol. The summed E-state index contributed by atoms with van der Waals surface area (Å²) in [6.07, 6.45) is 3.83. The van der Waals surface area contributed by atoms with Gasteiger partial charge in [-0.2, -0.15) is 0 Å². The Kier molecular flexibility index (Phi) is 3.92. The zero-order chi connectivity index (χ0) is 13.9. The second kappa shape index (κ2) is 5.83. The van der Waals surface area contributed by atoms with E-state index in [0.29, 0.717) is 18.4 Å². The van der Waals surface area contributed by atoms with Gasteiger partial charge in [0, 0.05) is 37.8 Å². The SMILES string of the molecule is Nc1ccccc1CCN1CCC2NC(=O)CCC2C1. The molecule has 2 unspecified atom stereocenters. The summed E-state index contributed by atoms with van der Waals surface area (Å²) in [4.78, 5) is 13.9. The van der Waals surface area contributed by atoms with Crippen molar-refractivity contribution in [3.63, 3.8) is 0 Å². The van der Waals surface area contributed by atoms with Gasteiger partial charge in [-0.3, -0.25) is 4.79 Å². The Morgan fingerprint density at radius 3 is 3.00 bits per heavy atom. The molecule has 0 spiro atoms. The van der Waals surface area contributed by atoms with Crippen molar-refractivity contribution in [2.45, 2.75) is 31.7 Å². The van der Waals surface area contributed by atoms with Crippen LogP contribution in [0.1, 0.15) is 24.8 Å². The molecule has 1 amide bonds. The molecule has 0 aromatic heterocycles. The second-order valence-electron chi connectivity index (χ2n) is 6.01. The fraction of sp³-hybridized carbons (Fsp3) is 0.562. The first-order valence-electron chi connectivity index (χ1n) is 7.57. The Hall–Kier alpha value is -1.55. The Morgan fingerprint density at radius 1 is 1.30 bits per heavy atom. The number of carbonyl (C=O) groups excluding carboxylic acids is 1. The number of amides is 1. The van der Waals surface area contributed by atoms with Gasteiger partial charge >= 0.3 is 0 Å². The average Bonchev–Trinajstić information content (AvgIpc) is 2.46. The molecule has 2 aliphatic rings. The maximum absolute atomic E-state index is 11.4. The molecule has 3 rings (SSSR count). The van der Waals surface area contributed by atoms with Crippen LogP contribution in [-0.2, 0) is 11.2 Å². The van der Waals surface area contributed by atoms with E-state index in [4.69, 9.17) is 5.73 Å². The largest absolute Gasteiger partial charge is 0.399 e. The molecule has 4 heteroatoms. The van der Waals surface area contributed by atoms with Crippen LogP contribution < -0.4 is 11.1 Å². The van der Waals surface area contributed by atoms with Crippen molar-refractivity contribution in [1.82, 2.24) is 10.2 Å². The van der Waals surface area contributed by atoms with Crippen LogP contribution in [-0.4, -0.2) is 36.5 Å². The first-order chi connectivity index (χ1) is 9.72. The van der Waals surface area contributed by atoms with Crippen LogP contribution in [0.2, 0.25) is 0 Å². The maximum Gasteiger partial charge on any atom is 0.220 e. The van der Waals surface area contributed by atoms with Crippen molar-refractivity contribution in [2.75, 3.05) is 25.4 Å². The van der Waals surface area contributed by atoms with Crippen molar-refractivity contribution >= 4 is 11.6 Å². The predicted molar refractivity (Wildman–Crippen MR) is 80.3 cm³/mol. The smallest absolute Gasteiger partial charge is 0.220 e. The molecule has 2 atom stereocenters. The Labute approximate surface area is 120 Å². The van der Waals surface area contributed by atoms with Crippen LogP contribution in [0.3, 0.4) is 0 Å². The molecule has 108 valence electrons. The summed E-state index contributed by atoms with van der Waals surface area (Å²) in [5.41, 5.74) is 8.13. The maximum atomic E-state index is 11.4. The van der Waals surface area contributed by atoms with Crippen LogP contribution in [0.4, 0.5) is 5.69 Å². The average molecular weight is 273 g/mol. The van der Waals surface area contributed by atoms with Crippen LogP contribution in [0.25, 0.3) is 0 Å². The van der Waals surface area contributed by atoms with Crippen LogP contribution >= 0.6 is 0 Å². The minimum atomic E-state index is 0.233. The third-order valence-electron chi connectivity index (χ3n) is 4.66. The molecule has 0 radical (unpaired) electrons. The van der Waals surface area contributed by atoms with E-state index in [0.717, 1.165) is 44.6 Å². The van der Waals surface area contributed by atoms with Gasteiger partial charge in [0.15, 0.2) is 0 Å². The van der Waals surface area contributed by atoms with E-state index in [1.807, 2.05) is 12.1 Å². The van der Waals surface area contributed by atoms with Gasteiger partial charge in [-0.1, -0.05) is 18.2 Å². The zero-order valence-corrected chi connectivity index (χ0v) is 11.8. The molecule has 4 nitrogen and oxygen atoms in total. The van der Waals surface area contributed by atoms with E-state index < -0.39 is 0 Å². The fourth-order valence-corrected chi connectivity index (χ4v) is 3.43. The molecule has 1 aromatic carbocycles. The molecule has 1 aromatic rings. The van der Waals surface area contributed by atoms with Gasteiger partial charge in [-0.05, 0) is 36.8 Å². The lowest BCUT2D eigenvalue weighted by Crippen LogP contribution is -2.54. The van der Waals surface area contributed by atoms with E-state index in [1.54, 1.807) is 0 Å². The highest BCUT2D eigenvalue weighted by Gasteiger charge is 2.33. The van der Waals surface area contributed by atoms with Crippen molar-refractivity contribution in [3.05, 3.63) is 29.8 Å². The third-order valence-corrected chi connectivity index (χ3v) is 4.66. The van der Waals surface area contributed by atoms with Gasteiger partial charge in [0.2, 0.25) is 5.91 Å². The van der Waals surface area contributed by atoms with Crippen molar-refractivity contribution in [2.24, 2.45) is 5.92 Å². The summed E-state index contributed by atoms with van der Waals surface area (Å²) in [6, 6.07) is 8.53. The highest BCUT2D eigenvalue weighted by molar-refractivity contribution is 5.77. The lowest BCUT2D eigenvalue weighted by molar-refractivity contribution is -0.125. The van der Waals surface area contributed by atoms with Crippen LogP contribution in [0.15, 0.2) is 24.3 Å². The number of hydrogen-bond donors (Lipinski definition) is 2. The molecule has 2 aliphatic heterocycles. The van der Waals surface area contributed by atoms with E-state index in [2.05, 4.69) is 22.3 Å². The van der Waals surface area contributed by atoms with Gasteiger partial charge in [0.1, 0.15) is 0 Å². The molecule has 20 heavy (non-hydrogen) atoms. The second-order valence-corrected chi connectivity index (χ2v) is 6.01. The van der Waals surface area contributed by atoms with E-state index in [1.165, 1.54) is 5.56 Å². The zero-order valence-electron chi connectivity index (χ0n) is 11.8. The lowest BCUT2D eigenvalue weighted by atomic mass is 9.85. The molecule has 0 aliphatic carbocycles. The first kappa shape index (κ1) is 13.4. The molecule has 3 N–H and O–H groups in total. The quantitative estimate of drug-likeness (QED) is 0.819. The molecule has 2 heterocycles. The summed E-state index contributed by atoms with van der Waals surface area (Å²) in [5, 5.41) is 3.14. The van der Waals surface area contributed by atoms with Gasteiger partial charge in [-0.25, -0.2) is 0 Å². The third kappa shape index (κ3) is 2.96. The lowest BCUT2D eigenvalue weighted by Gasteiger charge is -2.41. The molecular formula is C16H23N3O. The number of nitrogens with two attached hydrogens (primary N) is 1. The topological polar surface area (TPSA) is 58.4 Å². The summed E-state index contributed by atoms with van der Waals surface area (Å²) < 4.78 is 0. The monoisotopic (exact) mass is 273 g/mol. The fourth-order valence-electron chi connectivity index (χ4n) is 3.43. The Morgan fingerprint density at radius 2 is 2.15 bits per heavy atom. The first-order valence-corrected chi connectivity index (χ1v) is 7.57. The van der Waals surface area contributed by atoms with Crippen molar-refractivity contribution < 1.29 is 4.79 Å². The normalized spacial score (nSPS) is 26.9. The van der Waals surface area contributed by atoms with Crippen LogP contribution in [0.5, 0.6) is 0 Å². The number of piperidine rings is 2. The standard InChI is InChI=1S/C16H23N3O/c17-14-4-2-1-3-12(14)7-9-19-10-8-15-13(11-19)5-6-16(20)18-15/h1-4,13,15H,5-11,17H2,(H,18,20). The summed E-state index contributed by atoms with van der Waals surface area (Å²) >= 11 is 0. The minimum Gasteiger partial charge on any atom is -0.399 e. The minimum absolute atomic E-state index is 0.233. The highest BCUT2D eigenvalue weighted by Crippen LogP contribution is 2.25. The van der Waals surface area contributed by atoms with E-state index >= 15 is 0 Å².